The number of halogens is 6. The summed E-state index contributed by atoms with van der Waals surface area (Å²) >= 11 is 0. The molecule has 0 aliphatic carbocycles. The molecular weight excluding hydrogens is 444 g/mol. The van der Waals surface area contributed by atoms with Gasteiger partial charge in [0, 0.05) is 17.7 Å². The summed E-state index contributed by atoms with van der Waals surface area (Å²) in [4.78, 5) is 11.9. The Balaban J connectivity index is 0.000000281. The summed E-state index contributed by atoms with van der Waals surface area (Å²) in [5, 5.41) is 0. The third-order valence-electron chi connectivity index (χ3n) is 2.51. The molecule has 2 heterocycles. The van der Waals surface area contributed by atoms with Gasteiger partial charge in [0.25, 0.3) is 0 Å². The summed E-state index contributed by atoms with van der Waals surface area (Å²) < 4.78 is 111. The van der Waals surface area contributed by atoms with Crippen LogP contribution >= 0.6 is 0 Å². The molecule has 0 bridgehead atoms. The number of rotatable bonds is 3. The first-order valence-corrected chi connectivity index (χ1v) is 9.39. The van der Waals surface area contributed by atoms with E-state index in [1.54, 1.807) is 0 Å². The molecule has 9 nitrogen and oxygen atoms in total. The van der Waals surface area contributed by atoms with Crippen molar-refractivity contribution in [1.82, 2.24) is 15.0 Å². The molecule has 0 radical (unpaired) electrons. The van der Waals surface area contributed by atoms with Gasteiger partial charge in [-0.15, -0.1) is 0 Å². The molecule has 0 aliphatic rings. The van der Waals surface area contributed by atoms with Crippen LogP contribution in [0.1, 0.15) is 0 Å². The Kier molecular flexibility index (Phi) is 7.02. The molecule has 28 heavy (non-hydrogen) atoms. The van der Waals surface area contributed by atoms with Crippen LogP contribution in [0.15, 0.2) is 37.2 Å². The largest absolute Gasteiger partial charge is 0.480 e. The third-order valence-corrected chi connectivity index (χ3v) is 5.25. The smallest absolute Gasteiger partial charge is 0.421 e. The minimum absolute atomic E-state index is 0.704. The maximum Gasteiger partial charge on any atom is 0.480 e. The zero-order valence-electron chi connectivity index (χ0n) is 13.4. The number of sulfonamides is 2. The van der Waals surface area contributed by atoms with E-state index < -0.39 is 31.1 Å². The molecule has 0 atom stereocenters. The van der Waals surface area contributed by atoms with E-state index in [1.807, 2.05) is 36.1 Å². The highest BCUT2D eigenvalue weighted by molar-refractivity contribution is 8.13. The maximum atomic E-state index is 11.4. The fraction of sp³-hybridized carbons (Fsp3) is 0.273. The fourth-order valence-corrected chi connectivity index (χ4v) is 2.96. The van der Waals surface area contributed by atoms with Crippen molar-refractivity contribution in [2.24, 2.45) is 7.05 Å². The first kappa shape index (κ1) is 23.6. The molecule has 0 fully saturated rings. The molecule has 0 saturated heterocycles. The lowest BCUT2D eigenvalue weighted by molar-refractivity contribution is -0.671. The zero-order valence-corrected chi connectivity index (χ0v) is 15.1. The molecule has 0 N–H and O–H groups in total. The Morgan fingerprint density at radius 3 is 1.61 bits per heavy atom. The lowest BCUT2D eigenvalue weighted by Gasteiger charge is -2.22. The average molecular weight is 453 g/mol. The second kappa shape index (κ2) is 8.31. The van der Waals surface area contributed by atoms with Gasteiger partial charge in [-0.05, 0) is 0 Å². The lowest BCUT2D eigenvalue weighted by Crippen LogP contribution is -2.30. The number of alkyl halides is 6. The van der Waals surface area contributed by atoms with E-state index in [0.29, 0.717) is 5.82 Å². The third kappa shape index (κ3) is 6.34. The van der Waals surface area contributed by atoms with Gasteiger partial charge in [-0.3, -0.25) is 0 Å². The van der Waals surface area contributed by atoms with E-state index in [-0.39, 0.29) is 0 Å². The van der Waals surface area contributed by atoms with Gasteiger partial charge in [0.15, 0.2) is 38.3 Å². The molecule has 0 spiro atoms. The molecule has 0 saturated carbocycles. The van der Waals surface area contributed by atoms with Gasteiger partial charge < -0.3 is 4.13 Å². The van der Waals surface area contributed by atoms with Crippen molar-refractivity contribution in [3.63, 3.8) is 0 Å². The molecule has 0 amide bonds. The summed E-state index contributed by atoms with van der Waals surface area (Å²) in [6, 6.07) is 3.94. The second-order valence-electron chi connectivity index (χ2n) is 4.63. The van der Waals surface area contributed by atoms with Crippen molar-refractivity contribution in [2.45, 2.75) is 11.0 Å². The van der Waals surface area contributed by atoms with Crippen LogP contribution in [0, 0.1) is 0 Å². The highest BCUT2D eigenvalue weighted by Crippen LogP contribution is 2.36. The summed E-state index contributed by atoms with van der Waals surface area (Å²) in [7, 11) is -11.5. The van der Waals surface area contributed by atoms with Gasteiger partial charge >= 0.3 is 11.0 Å². The van der Waals surface area contributed by atoms with Crippen molar-refractivity contribution >= 4 is 20.0 Å². The Labute approximate surface area is 154 Å². The predicted octanol–water partition coefficient (Wildman–Crippen LogP) is 1.42. The van der Waals surface area contributed by atoms with Crippen molar-refractivity contribution in [3.05, 3.63) is 41.3 Å². The highest BCUT2D eigenvalue weighted by atomic mass is 32.3. The van der Waals surface area contributed by atoms with Crippen LogP contribution in [-0.2, 0) is 27.1 Å². The van der Waals surface area contributed by atoms with E-state index in [2.05, 4.69) is 15.0 Å². The Morgan fingerprint density at radius 2 is 1.25 bits per heavy atom. The number of aromatic nitrogens is 4. The van der Waals surface area contributed by atoms with Gasteiger partial charge in [0.2, 0.25) is 0 Å². The van der Waals surface area contributed by atoms with E-state index in [4.69, 9.17) is 0 Å². The Morgan fingerprint density at radius 1 is 0.857 bits per heavy atom. The Bertz CT molecular complexity index is 951. The van der Waals surface area contributed by atoms with Crippen LogP contribution in [-0.4, -0.2) is 42.8 Å². The van der Waals surface area contributed by atoms with E-state index in [1.165, 1.54) is 12.7 Å². The second-order valence-corrected chi connectivity index (χ2v) is 8.05. The minimum atomic E-state index is -6.72. The molecule has 17 heteroatoms. The van der Waals surface area contributed by atoms with Crippen molar-refractivity contribution in [2.75, 3.05) is 0 Å². The molecule has 0 aliphatic heterocycles. The number of hydrogen-bond donors (Lipinski definition) is 0. The van der Waals surface area contributed by atoms with E-state index in [9.17, 15) is 43.2 Å². The van der Waals surface area contributed by atoms with E-state index >= 15 is 0 Å². The van der Waals surface area contributed by atoms with Gasteiger partial charge in [-0.25, -0.2) is 36.4 Å². The SMILES string of the molecule is C[n+]1ccc(-c2ncncn2)cc1.O=S(=O)([N-]S(=O)(=O)C(F)(F)F)C(F)(F)F. The Hall–Kier alpha value is -2.40. The average Bonchev–Trinajstić information content (AvgIpc) is 2.54. The normalized spacial score (nSPS) is 12.8. The monoisotopic (exact) mass is 453 g/mol. The standard InChI is InChI=1S/C9H9N4.C2F6NO4S2/c1-13-4-2-8(3-5-13)9-11-6-10-7-12-9;3-1(4,5)14(10,11)9-15(12,13)2(6,7)8/h2-7H,1H3;/q+1;-1. The molecule has 2 aromatic heterocycles. The van der Waals surface area contributed by atoms with Crippen molar-refractivity contribution in [1.29, 1.82) is 0 Å². The number of hydrogen-bond acceptors (Lipinski definition) is 7. The predicted molar refractivity (Wildman–Crippen MR) is 79.7 cm³/mol. The van der Waals surface area contributed by atoms with Crippen molar-refractivity contribution < 1.29 is 47.7 Å². The van der Waals surface area contributed by atoms with Gasteiger partial charge in [0.1, 0.15) is 19.7 Å². The van der Waals surface area contributed by atoms with Crippen LogP contribution < -0.4 is 4.57 Å². The minimum Gasteiger partial charge on any atom is -0.421 e. The molecule has 2 rings (SSSR count). The first-order valence-electron chi connectivity index (χ1n) is 6.51. The molecule has 0 aromatic carbocycles. The van der Waals surface area contributed by atoms with Crippen LogP contribution in [0.3, 0.4) is 0 Å². The highest BCUT2D eigenvalue weighted by Gasteiger charge is 2.46. The maximum absolute atomic E-state index is 11.4. The number of aryl methyl sites for hydroxylation is 1. The van der Waals surface area contributed by atoms with Crippen LogP contribution in [0.2, 0.25) is 0 Å². The summed E-state index contributed by atoms with van der Waals surface area (Å²) in [5.41, 5.74) is -11.4. The molecule has 0 unspecified atom stereocenters. The molecular formula is C11H9F6N5O4S2. The first-order chi connectivity index (χ1) is 12.6. The lowest BCUT2D eigenvalue weighted by atomic mass is 10.2. The topological polar surface area (TPSA) is 125 Å². The summed E-state index contributed by atoms with van der Waals surface area (Å²) in [5.74, 6) is 0.704. The molecule has 2 aromatic rings. The quantitative estimate of drug-likeness (QED) is 0.508. The van der Waals surface area contributed by atoms with Crippen molar-refractivity contribution in [3.8, 4) is 11.4 Å². The molecule has 156 valence electrons. The van der Waals surface area contributed by atoms with Crippen LogP contribution in [0.5, 0.6) is 0 Å². The zero-order chi connectivity index (χ0) is 21.8. The van der Waals surface area contributed by atoms with Gasteiger partial charge in [-0.1, -0.05) is 0 Å². The van der Waals surface area contributed by atoms with Gasteiger partial charge in [-0.2, -0.15) is 26.3 Å². The number of nitrogens with zero attached hydrogens (tertiary/aromatic N) is 5. The van der Waals surface area contributed by atoms with Crippen LogP contribution in [0.4, 0.5) is 26.3 Å². The summed E-state index contributed by atoms with van der Waals surface area (Å²) in [6.45, 7) is 0. The fourth-order valence-electron chi connectivity index (χ4n) is 1.25. The van der Waals surface area contributed by atoms with Crippen LogP contribution in [0.25, 0.3) is 15.5 Å². The summed E-state index contributed by atoms with van der Waals surface area (Å²) in [6.07, 6.45) is 6.91. The van der Waals surface area contributed by atoms with E-state index in [0.717, 1.165) is 9.69 Å². The van der Waals surface area contributed by atoms with Gasteiger partial charge in [0.05, 0.1) is 0 Å². The number of pyridine rings is 1.